The van der Waals surface area contributed by atoms with Crippen LogP contribution in [0.3, 0.4) is 0 Å². The molecule has 0 aliphatic carbocycles. The molecule has 0 aliphatic rings. The van der Waals surface area contributed by atoms with Crippen molar-refractivity contribution >= 4 is 81.3 Å². The van der Waals surface area contributed by atoms with Crippen molar-refractivity contribution < 1.29 is 59.1 Å². The molecule has 0 radical (unpaired) electrons. The number of carbonyl (C=O) groups excluding carboxylic acids is 7. The van der Waals surface area contributed by atoms with Gasteiger partial charge in [0, 0.05) is 43.9 Å². The Bertz CT molecular complexity index is 2430. The molecule has 3 aromatic rings. The maximum Gasteiger partial charge on any atom is 0.246 e. The summed E-state index contributed by atoms with van der Waals surface area (Å²) in [5.74, 6) is -6.48. The molecule has 3 rings (SSSR count). The molecule has 26 heteroatoms. The van der Waals surface area contributed by atoms with Gasteiger partial charge in [0.05, 0.1) is 25.9 Å². The largest absolute Gasteiger partial charge is 0.508 e. The number of hydrogen-bond acceptors (Lipinski definition) is 16. The van der Waals surface area contributed by atoms with Gasteiger partial charge in [0.2, 0.25) is 41.4 Å². The molecular weight excluding hydrogens is 1040 g/mol. The van der Waals surface area contributed by atoms with Gasteiger partial charge in [0.1, 0.15) is 52.1 Å². The Balaban J connectivity index is 1.82. The SMILES string of the molecule is CCN(CC)C(=S)SCc1ccc(NC(=O)[C@@H](CC(C)C)NC(=O)[C@@H](CO)NC(=O)[C@@H](Cc2ccc(O)cc2)NC(=O)[C@@H](Cc2ccc(O)cc2)NC(=O)[C@@H](CO)NC(=O)[C@@H](CO)NC(=O)[C@H](N)CCCNC(=N)N)cc1. The number of hydrogen-bond donors (Lipinski definition) is 16. The number of phenols is 2. The first-order valence-electron chi connectivity index (χ1n) is 25.0. The molecule has 0 aliphatic heterocycles. The lowest BCUT2D eigenvalue weighted by molar-refractivity contribution is -0.136. The molecule has 7 atom stereocenters. The predicted octanol–water partition coefficient (Wildman–Crippen LogP) is -1.10. The summed E-state index contributed by atoms with van der Waals surface area (Å²) < 4.78 is 0.780. The fourth-order valence-electron chi connectivity index (χ4n) is 7.39. The molecule has 422 valence electrons. The topological polar surface area (TPSA) is 396 Å². The van der Waals surface area contributed by atoms with Crippen LogP contribution in [0, 0.1) is 11.3 Å². The molecule has 0 bridgehead atoms. The quantitative estimate of drug-likeness (QED) is 0.0157. The van der Waals surface area contributed by atoms with Gasteiger partial charge in [0.25, 0.3) is 0 Å². The molecule has 3 aromatic carbocycles. The van der Waals surface area contributed by atoms with Gasteiger partial charge >= 0.3 is 0 Å². The lowest BCUT2D eigenvalue weighted by Gasteiger charge is -2.27. The number of aromatic hydroxyl groups is 2. The van der Waals surface area contributed by atoms with Crippen LogP contribution in [0.2, 0.25) is 0 Å². The zero-order valence-electron chi connectivity index (χ0n) is 43.5. The molecule has 0 spiro atoms. The Kier molecular flexibility index (Phi) is 27.6. The summed E-state index contributed by atoms with van der Waals surface area (Å²) in [5, 5.41) is 77.8. The highest BCUT2D eigenvalue weighted by atomic mass is 32.2. The second-order valence-electron chi connectivity index (χ2n) is 18.3. The Morgan fingerprint density at radius 1 is 0.597 bits per heavy atom. The molecule has 0 saturated carbocycles. The Hall–Kier alpha value is -7.10. The Morgan fingerprint density at radius 3 is 1.39 bits per heavy atom. The third-order valence-corrected chi connectivity index (χ3v) is 13.3. The third-order valence-electron chi connectivity index (χ3n) is 11.8. The van der Waals surface area contributed by atoms with Crippen molar-refractivity contribution in [3.05, 3.63) is 89.5 Å². The van der Waals surface area contributed by atoms with Gasteiger partial charge < -0.3 is 84.4 Å². The van der Waals surface area contributed by atoms with Crippen molar-refractivity contribution in [2.45, 2.75) is 108 Å². The monoisotopic (exact) mass is 1110 g/mol. The summed E-state index contributed by atoms with van der Waals surface area (Å²) in [6.07, 6.45) is 0.0504. The number of nitrogens with one attached hydrogen (secondary N) is 9. The molecule has 24 nitrogen and oxygen atoms in total. The number of phenolic OH excluding ortho intramolecular Hbond substituents is 2. The molecule has 7 amide bonds. The van der Waals surface area contributed by atoms with E-state index in [1.165, 1.54) is 60.3 Å². The molecule has 0 heterocycles. The highest BCUT2D eigenvalue weighted by molar-refractivity contribution is 8.22. The van der Waals surface area contributed by atoms with E-state index in [2.05, 4.69) is 47.4 Å². The van der Waals surface area contributed by atoms with E-state index in [-0.39, 0.29) is 55.6 Å². The number of guanidine groups is 1. The number of amides is 7. The number of nitrogens with two attached hydrogens (primary N) is 2. The number of thioether (sulfide) groups is 1. The van der Waals surface area contributed by atoms with Gasteiger partial charge in [-0.2, -0.15) is 0 Å². The van der Waals surface area contributed by atoms with Crippen LogP contribution in [-0.2, 0) is 52.2 Å². The fourth-order valence-corrected chi connectivity index (χ4v) is 8.75. The number of thiocarbonyl (C=S) groups is 1. The molecule has 0 fully saturated rings. The second-order valence-corrected chi connectivity index (χ2v) is 19.9. The highest BCUT2D eigenvalue weighted by Gasteiger charge is 2.34. The van der Waals surface area contributed by atoms with Gasteiger partial charge in [-0.15, -0.1) is 0 Å². The van der Waals surface area contributed by atoms with E-state index in [9.17, 15) is 59.1 Å². The molecular formula is C51H74N12O12S2. The lowest BCUT2D eigenvalue weighted by Crippen LogP contribution is -2.61. The Labute approximate surface area is 457 Å². The van der Waals surface area contributed by atoms with Crippen LogP contribution in [0.5, 0.6) is 11.5 Å². The normalized spacial score (nSPS) is 13.7. The van der Waals surface area contributed by atoms with Crippen LogP contribution in [0.4, 0.5) is 5.69 Å². The van der Waals surface area contributed by atoms with Crippen molar-refractivity contribution in [2.24, 2.45) is 17.4 Å². The average molecular weight is 1110 g/mol. The third kappa shape index (κ3) is 22.6. The summed E-state index contributed by atoms with van der Waals surface area (Å²) in [6, 6.07) is 7.87. The van der Waals surface area contributed by atoms with Crippen LogP contribution in [0.1, 0.15) is 63.6 Å². The standard InChI is InChI=1S/C51H74N12O12S2/c1-5-63(6-2)51(76)77-28-32-9-15-33(16-10-32)56-44(70)37(22-29(3)4)57-47(73)41(26-65)61-46(72)39(24-31-13-19-35(68)20-14-31)58-45(71)38(23-30-11-17-34(67)18-12-30)59-48(74)42(27-66)62-49(75)40(25-64)60-43(69)36(52)8-7-21-55-50(53)54/h9-20,29,36-42,64-68H,5-8,21-28,52H2,1-4H3,(H,56,70)(H,57,73)(H,58,71)(H,59,74)(H,60,69)(H,61,72)(H,62,75)(H4,53,54,55)/t36-,37-,38-,39-,40-,41-,42-/m1/s1. The van der Waals surface area contributed by atoms with E-state index in [0.717, 1.165) is 23.0 Å². The van der Waals surface area contributed by atoms with Gasteiger partial charge in [-0.05, 0) is 92.1 Å². The van der Waals surface area contributed by atoms with Crippen LogP contribution in [-0.4, -0.2) is 164 Å². The van der Waals surface area contributed by atoms with Crippen LogP contribution >= 0.6 is 24.0 Å². The smallest absolute Gasteiger partial charge is 0.246 e. The number of carbonyl (C=O) groups is 7. The van der Waals surface area contributed by atoms with Gasteiger partial charge in [-0.1, -0.05) is 74.2 Å². The minimum absolute atomic E-state index is 0.0972. The van der Waals surface area contributed by atoms with Crippen molar-refractivity contribution in [2.75, 3.05) is 44.8 Å². The molecule has 0 aromatic heterocycles. The second kappa shape index (κ2) is 33.1. The summed E-state index contributed by atoms with van der Waals surface area (Å²) in [7, 11) is 0. The molecule has 0 saturated heterocycles. The number of benzene rings is 3. The van der Waals surface area contributed by atoms with E-state index >= 15 is 0 Å². The first-order valence-corrected chi connectivity index (χ1v) is 26.4. The first-order chi connectivity index (χ1) is 36.6. The zero-order valence-corrected chi connectivity index (χ0v) is 45.2. The average Bonchev–Trinajstić information content (AvgIpc) is 3.39. The van der Waals surface area contributed by atoms with Gasteiger partial charge in [-0.25, -0.2) is 0 Å². The van der Waals surface area contributed by atoms with Crippen molar-refractivity contribution in [1.29, 1.82) is 5.41 Å². The van der Waals surface area contributed by atoms with E-state index in [4.69, 9.17) is 29.1 Å². The Morgan fingerprint density at radius 2 is 0.987 bits per heavy atom. The zero-order chi connectivity index (χ0) is 57.2. The van der Waals surface area contributed by atoms with E-state index < -0.39 is 103 Å². The molecule has 0 unspecified atom stereocenters. The van der Waals surface area contributed by atoms with Gasteiger partial charge in [-0.3, -0.25) is 39.0 Å². The minimum atomic E-state index is -1.77. The van der Waals surface area contributed by atoms with Gasteiger partial charge in [0.15, 0.2) is 5.96 Å². The first kappa shape index (κ1) is 64.2. The molecule has 18 N–H and O–H groups in total. The van der Waals surface area contributed by atoms with Crippen LogP contribution in [0.25, 0.3) is 0 Å². The van der Waals surface area contributed by atoms with Crippen molar-refractivity contribution in [1.82, 2.24) is 42.1 Å². The lowest BCUT2D eigenvalue weighted by atomic mass is 10.0. The predicted molar refractivity (Wildman–Crippen MR) is 295 cm³/mol. The van der Waals surface area contributed by atoms with E-state index in [0.29, 0.717) is 29.0 Å². The number of rotatable bonds is 31. The summed E-state index contributed by atoms with van der Waals surface area (Å²) in [5.41, 5.74) is 13.4. The maximum atomic E-state index is 14.4. The summed E-state index contributed by atoms with van der Waals surface area (Å²) in [6.45, 7) is 6.66. The van der Waals surface area contributed by atoms with Crippen molar-refractivity contribution in [3.63, 3.8) is 0 Å². The molecule has 77 heavy (non-hydrogen) atoms. The highest BCUT2D eigenvalue weighted by Crippen LogP contribution is 2.20. The number of anilines is 1. The fraction of sp³-hybridized carbons (Fsp3) is 0.471. The number of aliphatic hydroxyl groups excluding tert-OH is 3. The van der Waals surface area contributed by atoms with Crippen molar-refractivity contribution in [3.8, 4) is 11.5 Å². The van der Waals surface area contributed by atoms with E-state index in [1.807, 2.05) is 39.8 Å². The van der Waals surface area contributed by atoms with Crippen LogP contribution < -0.4 is 54.0 Å². The number of aliphatic hydroxyl groups is 3. The summed E-state index contributed by atoms with van der Waals surface area (Å²) in [4.78, 5) is 98.0. The number of nitrogens with zero attached hydrogens (tertiary/aromatic N) is 1. The van der Waals surface area contributed by atoms with Crippen LogP contribution in [0.15, 0.2) is 72.8 Å². The van der Waals surface area contributed by atoms with E-state index in [1.54, 1.807) is 12.1 Å². The summed E-state index contributed by atoms with van der Waals surface area (Å²) >= 11 is 7.07. The minimum Gasteiger partial charge on any atom is -0.508 e. The maximum absolute atomic E-state index is 14.4.